The van der Waals surface area contributed by atoms with Crippen molar-refractivity contribution >= 4 is 31.8 Å². The molecule has 20 heavy (non-hydrogen) atoms. The quantitative estimate of drug-likeness (QED) is 0.743. The van der Waals surface area contributed by atoms with Gasteiger partial charge in [0.05, 0.1) is 0 Å². The number of pyridine rings is 1. The van der Waals surface area contributed by atoms with Gasteiger partial charge in [0.15, 0.2) is 0 Å². The summed E-state index contributed by atoms with van der Waals surface area (Å²) in [7, 11) is -3.61. The fourth-order valence-corrected chi connectivity index (χ4v) is 3.60. The zero-order chi connectivity index (χ0) is 15.2. The molecule has 114 valence electrons. The van der Waals surface area contributed by atoms with E-state index in [-0.39, 0.29) is 10.7 Å². The van der Waals surface area contributed by atoms with Crippen molar-refractivity contribution in [2.45, 2.75) is 44.4 Å². The second-order valence-corrected chi connectivity index (χ2v) is 7.46. The van der Waals surface area contributed by atoms with Crippen LogP contribution in [0.15, 0.2) is 21.6 Å². The Morgan fingerprint density at radius 1 is 1.45 bits per heavy atom. The number of halogens is 1. The molecule has 0 saturated heterocycles. The summed E-state index contributed by atoms with van der Waals surface area (Å²) in [5.74, 6) is 0.369. The predicted molar refractivity (Wildman–Crippen MR) is 84.8 cm³/mol. The number of nitrogen functional groups attached to an aromatic ring is 1. The summed E-state index contributed by atoms with van der Waals surface area (Å²) in [4.78, 5) is 3.88. The lowest BCUT2D eigenvalue weighted by Gasteiger charge is -2.16. The number of sulfonamides is 1. The zero-order valence-electron chi connectivity index (χ0n) is 11.9. The molecule has 0 fully saturated rings. The van der Waals surface area contributed by atoms with Crippen molar-refractivity contribution in [3.63, 3.8) is 0 Å². The van der Waals surface area contributed by atoms with Crippen molar-refractivity contribution in [3.05, 3.63) is 16.7 Å². The fourth-order valence-electron chi connectivity index (χ4n) is 1.90. The summed E-state index contributed by atoms with van der Waals surface area (Å²) in [5, 5.41) is 0. The highest BCUT2D eigenvalue weighted by Gasteiger charge is 2.20. The van der Waals surface area contributed by atoms with Gasteiger partial charge in [-0.2, -0.15) is 0 Å². The Morgan fingerprint density at radius 2 is 2.15 bits per heavy atom. The van der Waals surface area contributed by atoms with Gasteiger partial charge in [0.25, 0.3) is 0 Å². The lowest BCUT2D eigenvalue weighted by molar-refractivity contribution is 0.444. The standard InChI is InChI=1S/C13H22BrN3O2S/c1-3-5-6-10(4-2)8-17-20(18,19)12-7-11(14)9-16-13(12)15/h7,9-10,17H,3-6,8H2,1-2H3,(H2,15,16). The Balaban J connectivity index is 2.76. The molecule has 0 amide bonds. The van der Waals surface area contributed by atoms with E-state index in [1.54, 1.807) is 0 Å². The van der Waals surface area contributed by atoms with Gasteiger partial charge in [-0.1, -0.05) is 33.1 Å². The van der Waals surface area contributed by atoms with Gasteiger partial charge in [-0.3, -0.25) is 0 Å². The summed E-state index contributed by atoms with van der Waals surface area (Å²) in [6.45, 7) is 4.64. The van der Waals surface area contributed by atoms with Crippen LogP contribution < -0.4 is 10.5 Å². The summed E-state index contributed by atoms with van der Waals surface area (Å²) in [6, 6.07) is 1.47. The molecule has 3 N–H and O–H groups in total. The zero-order valence-corrected chi connectivity index (χ0v) is 14.3. The molecule has 1 rings (SSSR count). The molecule has 1 aromatic rings. The maximum Gasteiger partial charge on any atom is 0.244 e. The minimum absolute atomic E-state index is 0.0160. The number of anilines is 1. The van der Waals surface area contributed by atoms with Gasteiger partial charge in [0, 0.05) is 17.2 Å². The largest absolute Gasteiger partial charge is 0.383 e. The second kappa shape index (κ2) is 7.95. The molecule has 0 aromatic carbocycles. The van der Waals surface area contributed by atoms with Gasteiger partial charge in [-0.25, -0.2) is 18.1 Å². The van der Waals surface area contributed by atoms with E-state index in [9.17, 15) is 8.42 Å². The Labute approximate surface area is 129 Å². The number of nitrogens with zero attached hydrogens (tertiary/aromatic N) is 1. The minimum Gasteiger partial charge on any atom is -0.383 e. The SMILES string of the molecule is CCCCC(CC)CNS(=O)(=O)c1cc(Br)cnc1N. The Kier molecular flexibility index (Phi) is 6.91. The lowest BCUT2D eigenvalue weighted by atomic mass is 10.00. The van der Waals surface area contributed by atoms with Crippen LogP contribution in [0.25, 0.3) is 0 Å². The van der Waals surface area contributed by atoms with Crippen molar-refractivity contribution in [1.82, 2.24) is 9.71 Å². The number of aromatic nitrogens is 1. The molecule has 0 saturated carbocycles. The average Bonchev–Trinajstić information content (AvgIpc) is 2.41. The van der Waals surface area contributed by atoms with E-state index in [1.807, 2.05) is 0 Å². The first-order chi connectivity index (χ1) is 9.40. The Bertz CT molecular complexity index is 534. The van der Waals surface area contributed by atoms with Crippen LogP contribution in [-0.2, 0) is 10.0 Å². The molecule has 1 atom stereocenters. The van der Waals surface area contributed by atoms with Crippen molar-refractivity contribution in [2.75, 3.05) is 12.3 Å². The molecule has 0 spiro atoms. The fraction of sp³-hybridized carbons (Fsp3) is 0.615. The van der Waals surface area contributed by atoms with Gasteiger partial charge in [0.1, 0.15) is 10.7 Å². The molecule has 0 aliphatic carbocycles. The Morgan fingerprint density at radius 3 is 2.75 bits per heavy atom. The van der Waals surface area contributed by atoms with Crippen LogP contribution in [0.5, 0.6) is 0 Å². The first-order valence-corrected chi connectivity index (χ1v) is 9.09. The molecule has 1 unspecified atom stereocenters. The molecular weight excluding hydrogens is 342 g/mol. The van der Waals surface area contributed by atoms with Crippen LogP contribution >= 0.6 is 15.9 Å². The van der Waals surface area contributed by atoms with Crippen LogP contribution in [0.3, 0.4) is 0 Å². The van der Waals surface area contributed by atoms with E-state index < -0.39 is 10.0 Å². The van der Waals surface area contributed by atoms with Crippen molar-refractivity contribution < 1.29 is 8.42 Å². The number of hydrogen-bond acceptors (Lipinski definition) is 4. The lowest BCUT2D eigenvalue weighted by Crippen LogP contribution is -2.30. The van der Waals surface area contributed by atoms with Gasteiger partial charge in [0.2, 0.25) is 10.0 Å². The van der Waals surface area contributed by atoms with Gasteiger partial charge in [-0.05, 0) is 34.3 Å². The topological polar surface area (TPSA) is 85.1 Å². The van der Waals surface area contributed by atoms with Crippen molar-refractivity contribution in [2.24, 2.45) is 5.92 Å². The third-order valence-corrected chi connectivity index (χ3v) is 5.13. The van der Waals surface area contributed by atoms with Crippen LogP contribution in [0.1, 0.15) is 39.5 Å². The van der Waals surface area contributed by atoms with E-state index in [0.29, 0.717) is 16.9 Å². The predicted octanol–water partition coefficient (Wildman–Crippen LogP) is 2.92. The molecular formula is C13H22BrN3O2S. The smallest absolute Gasteiger partial charge is 0.244 e. The van der Waals surface area contributed by atoms with Gasteiger partial charge in [-0.15, -0.1) is 0 Å². The maximum absolute atomic E-state index is 12.2. The highest BCUT2D eigenvalue weighted by Crippen LogP contribution is 2.21. The normalized spacial score (nSPS) is 13.3. The first kappa shape index (κ1) is 17.4. The number of rotatable bonds is 8. The summed E-state index contributed by atoms with van der Waals surface area (Å²) in [6.07, 6.45) is 5.69. The second-order valence-electron chi connectivity index (χ2n) is 4.81. The molecule has 1 heterocycles. The van der Waals surface area contributed by atoms with Crippen LogP contribution in [0.4, 0.5) is 5.82 Å². The summed E-state index contributed by atoms with van der Waals surface area (Å²) in [5.41, 5.74) is 5.64. The molecule has 5 nitrogen and oxygen atoms in total. The molecule has 0 aliphatic heterocycles. The number of unbranched alkanes of at least 4 members (excludes halogenated alkanes) is 1. The molecule has 0 radical (unpaired) electrons. The third-order valence-electron chi connectivity index (χ3n) is 3.24. The molecule has 0 aliphatic rings. The van der Waals surface area contributed by atoms with E-state index in [4.69, 9.17) is 5.73 Å². The number of hydrogen-bond donors (Lipinski definition) is 2. The van der Waals surface area contributed by atoms with Crippen LogP contribution in [-0.4, -0.2) is 19.9 Å². The highest BCUT2D eigenvalue weighted by molar-refractivity contribution is 9.10. The van der Waals surface area contributed by atoms with Gasteiger partial charge < -0.3 is 5.73 Å². The van der Waals surface area contributed by atoms with Crippen molar-refractivity contribution in [1.29, 1.82) is 0 Å². The minimum atomic E-state index is -3.61. The number of nitrogens with two attached hydrogens (primary N) is 1. The van der Waals surface area contributed by atoms with Gasteiger partial charge >= 0.3 is 0 Å². The highest BCUT2D eigenvalue weighted by atomic mass is 79.9. The molecule has 1 aromatic heterocycles. The van der Waals surface area contributed by atoms with E-state index in [2.05, 4.69) is 39.5 Å². The summed E-state index contributed by atoms with van der Waals surface area (Å²) < 4.78 is 27.7. The number of nitrogens with one attached hydrogen (secondary N) is 1. The van der Waals surface area contributed by atoms with E-state index >= 15 is 0 Å². The molecule has 7 heteroatoms. The van der Waals surface area contributed by atoms with Crippen LogP contribution in [0.2, 0.25) is 0 Å². The van der Waals surface area contributed by atoms with Crippen LogP contribution in [0, 0.1) is 5.92 Å². The van der Waals surface area contributed by atoms with E-state index in [1.165, 1.54) is 12.3 Å². The third kappa shape index (κ3) is 5.03. The Hall–Kier alpha value is -0.660. The first-order valence-electron chi connectivity index (χ1n) is 6.81. The van der Waals surface area contributed by atoms with E-state index in [0.717, 1.165) is 25.7 Å². The summed E-state index contributed by atoms with van der Waals surface area (Å²) >= 11 is 3.21. The maximum atomic E-state index is 12.2. The monoisotopic (exact) mass is 363 g/mol. The van der Waals surface area contributed by atoms with Crippen molar-refractivity contribution in [3.8, 4) is 0 Å². The average molecular weight is 364 g/mol. The molecule has 0 bridgehead atoms.